The van der Waals surface area contributed by atoms with Crippen molar-refractivity contribution in [1.29, 1.82) is 0 Å². The second-order valence-corrected chi connectivity index (χ2v) is 14.5. The van der Waals surface area contributed by atoms with Gasteiger partial charge in [0.2, 0.25) is 0 Å². The Morgan fingerprint density at radius 2 is 0.579 bits per heavy atom. The normalized spacial score (nSPS) is 15.3. The van der Waals surface area contributed by atoms with Crippen LogP contribution in [0.5, 0.6) is 0 Å². The lowest BCUT2D eigenvalue weighted by atomic mass is 9.73. The number of rotatable bonds is 30. The molecule has 1 saturated heterocycles. The van der Waals surface area contributed by atoms with E-state index in [1.807, 2.05) is 0 Å². The summed E-state index contributed by atoms with van der Waals surface area (Å²) in [5.74, 6) is 2.88. The van der Waals surface area contributed by atoms with Gasteiger partial charge >= 0.3 is 0 Å². The highest BCUT2D eigenvalue weighted by atomic mass is 32.2. The van der Waals surface area contributed by atoms with Gasteiger partial charge in [-0.3, -0.25) is 0 Å². The maximum absolute atomic E-state index is 2.31. The first-order chi connectivity index (χ1) is 18.8. The van der Waals surface area contributed by atoms with Gasteiger partial charge in [0.15, 0.2) is 0 Å². The molecule has 1 rings (SSSR count). The summed E-state index contributed by atoms with van der Waals surface area (Å²) in [6.45, 7) is 4.63. The van der Waals surface area contributed by atoms with E-state index in [-0.39, 0.29) is 0 Å². The summed E-state index contributed by atoms with van der Waals surface area (Å²) in [6, 6.07) is 0. The van der Waals surface area contributed by atoms with Crippen molar-refractivity contribution in [2.45, 2.75) is 219 Å². The molecule has 0 radical (unpaired) electrons. The quantitative estimate of drug-likeness (QED) is 0.0801. The summed E-state index contributed by atoms with van der Waals surface area (Å²) in [5.41, 5.74) is 0.736. The Hall–Kier alpha value is 0.350. The smallest absolute Gasteiger partial charge is 0.00622 e. The van der Waals surface area contributed by atoms with Gasteiger partial charge in [-0.05, 0) is 42.6 Å². The van der Waals surface area contributed by atoms with Crippen molar-refractivity contribution in [3.05, 3.63) is 0 Å². The minimum Gasteiger partial charge on any atom is -0.162 e. The first-order valence-electron chi connectivity index (χ1n) is 18.4. The molecule has 0 aromatic carbocycles. The van der Waals surface area contributed by atoms with E-state index >= 15 is 0 Å². The van der Waals surface area contributed by atoms with E-state index in [1.54, 1.807) is 12.8 Å². The van der Waals surface area contributed by atoms with Gasteiger partial charge in [-0.15, -0.1) is 0 Å². The summed E-state index contributed by atoms with van der Waals surface area (Å²) in [6.07, 6.45) is 47.6. The van der Waals surface area contributed by atoms with E-state index in [2.05, 4.69) is 25.6 Å². The first kappa shape index (κ1) is 36.4. The van der Waals surface area contributed by atoms with Crippen LogP contribution in [-0.2, 0) is 0 Å². The molecule has 0 unspecified atom stereocenters. The molecule has 0 aliphatic carbocycles. The molecule has 228 valence electrons. The minimum atomic E-state index is 0.736. The zero-order valence-corrected chi connectivity index (χ0v) is 27.8. The second-order valence-electron chi connectivity index (χ2n) is 13.3. The maximum Gasteiger partial charge on any atom is -0.00622 e. The highest BCUT2D eigenvalue weighted by molar-refractivity contribution is 7.99. The Morgan fingerprint density at radius 3 is 0.842 bits per heavy atom. The van der Waals surface area contributed by atoms with Gasteiger partial charge in [0, 0.05) is 0 Å². The fourth-order valence-corrected chi connectivity index (χ4v) is 8.18. The van der Waals surface area contributed by atoms with Crippen LogP contribution in [0.3, 0.4) is 0 Å². The minimum absolute atomic E-state index is 0.736. The molecule has 38 heavy (non-hydrogen) atoms. The van der Waals surface area contributed by atoms with Gasteiger partial charge < -0.3 is 0 Å². The Kier molecular flexibility index (Phi) is 27.6. The third-order valence-electron chi connectivity index (χ3n) is 9.67. The van der Waals surface area contributed by atoms with E-state index in [1.165, 1.54) is 204 Å². The molecule has 0 aromatic heterocycles. The molecule has 1 aliphatic heterocycles. The fraction of sp³-hybridized carbons (Fsp3) is 1.00. The number of hydrogen-bond donors (Lipinski definition) is 0. The molecular weight excluding hydrogens is 476 g/mol. The lowest BCUT2D eigenvalue weighted by Crippen LogP contribution is -2.26. The monoisotopic (exact) mass is 551 g/mol. The van der Waals surface area contributed by atoms with Crippen LogP contribution in [0.4, 0.5) is 0 Å². The molecule has 0 saturated carbocycles. The molecule has 1 aliphatic rings. The van der Waals surface area contributed by atoms with Crippen molar-refractivity contribution >= 4 is 11.8 Å². The van der Waals surface area contributed by atoms with Crippen LogP contribution in [0.15, 0.2) is 0 Å². The van der Waals surface area contributed by atoms with Crippen molar-refractivity contribution < 1.29 is 0 Å². The summed E-state index contributed by atoms with van der Waals surface area (Å²) in [5, 5.41) is 0. The standard InChI is InChI=1S/C37H74S/c1-3-5-7-9-11-13-15-17-19-21-23-25-27-29-31-37(33-35-38-36-34-37)32-30-28-26-24-22-20-18-16-14-12-10-8-6-4-2/h3-36H2,1-2H3. The summed E-state index contributed by atoms with van der Waals surface area (Å²) in [7, 11) is 0. The van der Waals surface area contributed by atoms with Gasteiger partial charge in [-0.1, -0.05) is 194 Å². The Labute approximate surface area is 247 Å². The molecule has 1 heteroatoms. The molecule has 0 bridgehead atoms. The van der Waals surface area contributed by atoms with Crippen LogP contribution in [0, 0.1) is 5.41 Å². The van der Waals surface area contributed by atoms with Crippen molar-refractivity contribution in [2.75, 3.05) is 11.5 Å². The molecule has 1 heterocycles. The Bertz CT molecular complexity index is 404. The lowest BCUT2D eigenvalue weighted by Gasteiger charge is -2.37. The highest BCUT2D eigenvalue weighted by Crippen LogP contribution is 2.43. The number of hydrogen-bond acceptors (Lipinski definition) is 1. The van der Waals surface area contributed by atoms with E-state index in [4.69, 9.17) is 0 Å². The molecule has 0 nitrogen and oxygen atoms in total. The molecule has 0 spiro atoms. The fourth-order valence-electron chi connectivity index (χ4n) is 6.82. The van der Waals surface area contributed by atoms with Crippen LogP contribution in [0.2, 0.25) is 0 Å². The van der Waals surface area contributed by atoms with Gasteiger partial charge in [-0.25, -0.2) is 0 Å². The second kappa shape index (κ2) is 28.9. The number of unbranched alkanes of at least 4 members (excludes halogenated alkanes) is 26. The van der Waals surface area contributed by atoms with E-state index in [0.29, 0.717) is 0 Å². The van der Waals surface area contributed by atoms with Gasteiger partial charge in [0.05, 0.1) is 0 Å². The van der Waals surface area contributed by atoms with Gasteiger partial charge in [0.1, 0.15) is 0 Å². The summed E-state index contributed by atoms with van der Waals surface area (Å²) in [4.78, 5) is 0. The van der Waals surface area contributed by atoms with E-state index in [0.717, 1.165) is 5.41 Å². The SMILES string of the molecule is CCCCCCCCCCCCCCCCC1(CCCCCCCCCCCCCCCC)CCSCC1. The van der Waals surface area contributed by atoms with E-state index in [9.17, 15) is 0 Å². The summed E-state index contributed by atoms with van der Waals surface area (Å²) < 4.78 is 0. The zero-order valence-electron chi connectivity index (χ0n) is 26.9. The zero-order chi connectivity index (χ0) is 27.2. The van der Waals surface area contributed by atoms with Crippen molar-refractivity contribution in [1.82, 2.24) is 0 Å². The van der Waals surface area contributed by atoms with Crippen molar-refractivity contribution in [3.63, 3.8) is 0 Å². The van der Waals surface area contributed by atoms with Crippen LogP contribution in [0.1, 0.15) is 219 Å². The molecule has 0 aromatic rings. The largest absolute Gasteiger partial charge is 0.162 e. The molecular formula is C37H74S. The van der Waals surface area contributed by atoms with Crippen LogP contribution >= 0.6 is 11.8 Å². The Balaban J connectivity index is 1.93. The molecule has 0 N–H and O–H groups in total. The van der Waals surface area contributed by atoms with E-state index < -0.39 is 0 Å². The van der Waals surface area contributed by atoms with Gasteiger partial charge in [0.25, 0.3) is 0 Å². The topological polar surface area (TPSA) is 0 Å². The predicted octanol–water partition coefficient (Wildman–Crippen LogP) is 14.2. The summed E-state index contributed by atoms with van der Waals surface area (Å²) >= 11 is 2.22. The van der Waals surface area contributed by atoms with Crippen LogP contribution in [-0.4, -0.2) is 11.5 Å². The maximum atomic E-state index is 2.31. The first-order valence-corrected chi connectivity index (χ1v) is 19.6. The predicted molar refractivity (Wildman–Crippen MR) is 179 cm³/mol. The average Bonchev–Trinajstić information content (AvgIpc) is 2.94. The van der Waals surface area contributed by atoms with Crippen LogP contribution < -0.4 is 0 Å². The highest BCUT2D eigenvalue weighted by Gasteiger charge is 2.30. The molecule has 0 atom stereocenters. The van der Waals surface area contributed by atoms with Crippen LogP contribution in [0.25, 0.3) is 0 Å². The third-order valence-corrected chi connectivity index (χ3v) is 10.7. The molecule has 0 amide bonds. The Morgan fingerprint density at radius 1 is 0.342 bits per heavy atom. The number of thioether (sulfide) groups is 1. The van der Waals surface area contributed by atoms with Crippen molar-refractivity contribution in [3.8, 4) is 0 Å². The average molecular weight is 551 g/mol. The van der Waals surface area contributed by atoms with Gasteiger partial charge in [-0.2, -0.15) is 11.8 Å². The molecule has 1 fully saturated rings. The third kappa shape index (κ3) is 23.1. The lowest BCUT2D eigenvalue weighted by molar-refractivity contribution is 0.201. The van der Waals surface area contributed by atoms with Crippen molar-refractivity contribution in [2.24, 2.45) is 5.41 Å².